The quantitative estimate of drug-likeness (QED) is 0.639. The molecule has 1 heteroatoms. The molecule has 1 nitrogen and oxygen atoms in total. The summed E-state index contributed by atoms with van der Waals surface area (Å²) in [6, 6.07) is 9.58. The molecule has 1 saturated carbocycles. The second kappa shape index (κ2) is 4.70. The zero-order chi connectivity index (χ0) is 13.5. The van der Waals surface area contributed by atoms with Crippen molar-refractivity contribution in [2.45, 2.75) is 64.3 Å². The van der Waals surface area contributed by atoms with E-state index in [-0.39, 0.29) is 5.41 Å². The van der Waals surface area contributed by atoms with E-state index in [9.17, 15) is 0 Å². The van der Waals surface area contributed by atoms with Crippen LogP contribution in [-0.2, 0) is 5.41 Å². The summed E-state index contributed by atoms with van der Waals surface area (Å²) in [6.07, 6.45) is 9.30. The average Bonchev–Trinajstić information content (AvgIpc) is 2.79. The van der Waals surface area contributed by atoms with Crippen LogP contribution in [0.5, 0.6) is 0 Å². The topological polar surface area (TPSA) is 4.93 Å². The summed E-state index contributed by atoms with van der Waals surface area (Å²) in [5, 5.41) is 2.85. The molecule has 0 spiro atoms. The molecule has 0 unspecified atom stereocenters. The van der Waals surface area contributed by atoms with E-state index >= 15 is 0 Å². The third-order valence-corrected chi connectivity index (χ3v) is 4.43. The summed E-state index contributed by atoms with van der Waals surface area (Å²) in [6.45, 7) is 7.02. The molecule has 1 aliphatic carbocycles. The van der Waals surface area contributed by atoms with E-state index in [1.165, 1.54) is 48.6 Å². The summed E-state index contributed by atoms with van der Waals surface area (Å²) in [4.78, 5) is 0. The largest absolute Gasteiger partial charge is 0.347 e. The van der Waals surface area contributed by atoms with Crippen molar-refractivity contribution in [2.75, 3.05) is 0 Å². The van der Waals surface area contributed by atoms with Crippen LogP contribution >= 0.6 is 0 Å². The smallest absolute Gasteiger partial charge is 0.0334 e. The predicted octanol–water partition coefficient (Wildman–Crippen LogP) is 5.44. The van der Waals surface area contributed by atoms with Crippen LogP contribution in [0.3, 0.4) is 0 Å². The Balaban J connectivity index is 2.17. The standard InChI is InChI=1S/C18H25N/c1-18(2,3)17-16-12-8-7-9-14(16)13-19(17)15-10-5-4-6-11-15/h7-9,12-13,15H,4-6,10-11H2,1-3H3. The summed E-state index contributed by atoms with van der Waals surface area (Å²) in [5.41, 5.74) is 1.73. The molecule has 0 bridgehead atoms. The van der Waals surface area contributed by atoms with E-state index in [0.29, 0.717) is 0 Å². The first-order valence-corrected chi connectivity index (χ1v) is 7.67. The maximum Gasteiger partial charge on any atom is 0.0334 e. The molecular formula is C18H25N. The normalized spacial score (nSPS) is 18.1. The number of hydrogen-bond donors (Lipinski definition) is 0. The van der Waals surface area contributed by atoms with Gasteiger partial charge in [0.05, 0.1) is 0 Å². The lowest BCUT2D eigenvalue weighted by Crippen LogP contribution is -2.22. The van der Waals surface area contributed by atoms with Crippen molar-refractivity contribution >= 4 is 10.8 Å². The Morgan fingerprint density at radius 2 is 1.68 bits per heavy atom. The number of rotatable bonds is 1. The molecule has 0 radical (unpaired) electrons. The minimum absolute atomic E-state index is 0.209. The SMILES string of the molecule is CC(C)(C)c1c2ccccc2cn1C1CCCCC1. The zero-order valence-electron chi connectivity index (χ0n) is 12.4. The number of aromatic nitrogens is 1. The molecular weight excluding hydrogens is 230 g/mol. The van der Waals surface area contributed by atoms with Gasteiger partial charge in [-0.1, -0.05) is 64.3 Å². The maximum absolute atomic E-state index is 2.60. The molecule has 0 aliphatic heterocycles. The predicted molar refractivity (Wildman–Crippen MR) is 82.8 cm³/mol. The van der Waals surface area contributed by atoms with Crippen molar-refractivity contribution in [2.24, 2.45) is 0 Å². The van der Waals surface area contributed by atoms with Crippen molar-refractivity contribution < 1.29 is 0 Å². The molecule has 3 rings (SSSR count). The highest BCUT2D eigenvalue weighted by atomic mass is 15.0. The summed E-state index contributed by atoms with van der Waals surface area (Å²) >= 11 is 0. The third kappa shape index (κ3) is 2.31. The molecule has 0 amide bonds. The average molecular weight is 255 g/mol. The number of nitrogens with zero attached hydrogens (tertiary/aromatic N) is 1. The van der Waals surface area contributed by atoms with Gasteiger partial charge in [0, 0.05) is 28.7 Å². The van der Waals surface area contributed by atoms with Crippen LogP contribution in [-0.4, -0.2) is 4.57 Å². The van der Waals surface area contributed by atoms with Crippen LogP contribution in [0.1, 0.15) is 64.6 Å². The summed E-state index contributed by atoms with van der Waals surface area (Å²) < 4.78 is 2.60. The Morgan fingerprint density at radius 1 is 1.00 bits per heavy atom. The highest BCUT2D eigenvalue weighted by molar-refractivity contribution is 5.86. The molecule has 2 aromatic rings. The highest BCUT2D eigenvalue weighted by Gasteiger charge is 2.26. The second-order valence-corrected chi connectivity index (χ2v) is 7.01. The first-order chi connectivity index (χ1) is 9.07. The molecule has 1 aromatic heterocycles. The van der Waals surface area contributed by atoms with Gasteiger partial charge in [0.25, 0.3) is 0 Å². The fourth-order valence-electron chi connectivity index (χ4n) is 3.62. The Labute approximate surface area is 116 Å². The van der Waals surface area contributed by atoms with Gasteiger partial charge in [-0.25, -0.2) is 0 Å². The Bertz CT molecular complexity index is 565. The molecule has 1 fully saturated rings. The molecule has 102 valence electrons. The van der Waals surface area contributed by atoms with Crippen molar-refractivity contribution in [3.8, 4) is 0 Å². The van der Waals surface area contributed by atoms with Crippen molar-refractivity contribution in [1.82, 2.24) is 4.57 Å². The van der Waals surface area contributed by atoms with Gasteiger partial charge in [0.15, 0.2) is 0 Å². The lowest BCUT2D eigenvalue weighted by Gasteiger charge is -2.30. The van der Waals surface area contributed by atoms with Crippen molar-refractivity contribution in [3.05, 3.63) is 36.2 Å². The van der Waals surface area contributed by atoms with Crippen molar-refractivity contribution in [1.29, 1.82) is 0 Å². The monoisotopic (exact) mass is 255 g/mol. The second-order valence-electron chi connectivity index (χ2n) is 7.01. The lowest BCUT2D eigenvalue weighted by atomic mass is 9.88. The minimum atomic E-state index is 0.209. The summed E-state index contributed by atoms with van der Waals surface area (Å²) in [5.74, 6) is 0. The first kappa shape index (κ1) is 12.8. The molecule has 1 heterocycles. The Morgan fingerprint density at radius 3 is 2.37 bits per heavy atom. The van der Waals surface area contributed by atoms with Crippen LogP contribution in [0.4, 0.5) is 0 Å². The highest BCUT2D eigenvalue weighted by Crippen LogP contribution is 2.38. The third-order valence-electron chi connectivity index (χ3n) is 4.43. The lowest BCUT2D eigenvalue weighted by molar-refractivity contribution is 0.336. The van der Waals surface area contributed by atoms with Gasteiger partial charge in [0.2, 0.25) is 0 Å². The van der Waals surface area contributed by atoms with E-state index in [2.05, 4.69) is 55.8 Å². The molecule has 0 atom stereocenters. The van der Waals surface area contributed by atoms with E-state index in [1.807, 2.05) is 0 Å². The van der Waals surface area contributed by atoms with Gasteiger partial charge >= 0.3 is 0 Å². The van der Waals surface area contributed by atoms with Gasteiger partial charge in [-0.2, -0.15) is 0 Å². The van der Waals surface area contributed by atoms with Crippen LogP contribution in [0.2, 0.25) is 0 Å². The van der Waals surface area contributed by atoms with Gasteiger partial charge < -0.3 is 4.57 Å². The number of benzene rings is 1. The van der Waals surface area contributed by atoms with E-state index in [1.54, 1.807) is 0 Å². The molecule has 1 aliphatic rings. The van der Waals surface area contributed by atoms with Crippen LogP contribution in [0.15, 0.2) is 30.5 Å². The number of fused-ring (bicyclic) bond motifs is 1. The van der Waals surface area contributed by atoms with Crippen molar-refractivity contribution in [3.63, 3.8) is 0 Å². The van der Waals surface area contributed by atoms with E-state index in [0.717, 1.165) is 6.04 Å². The Kier molecular flexibility index (Phi) is 3.16. The van der Waals surface area contributed by atoms with Gasteiger partial charge in [0.1, 0.15) is 0 Å². The van der Waals surface area contributed by atoms with Crippen LogP contribution in [0, 0.1) is 0 Å². The molecule has 1 aromatic carbocycles. The fraction of sp³-hybridized carbons (Fsp3) is 0.556. The number of hydrogen-bond acceptors (Lipinski definition) is 0. The molecule has 19 heavy (non-hydrogen) atoms. The van der Waals surface area contributed by atoms with Crippen LogP contribution < -0.4 is 0 Å². The zero-order valence-corrected chi connectivity index (χ0v) is 12.4. The fourth-order valence-corrected chi connectivity index (χ4v) is 3.62. The van der Waals surface area contributed by atoms with Crippen LogP contribution in [0.25, 0.3) is 10.8 Å². The Hall–Kier alpha value is -1.24. The first-order valence-electron chi connectivity index (χ1n) is 7.67. The van der Waals surface area contributed by atoms with Gasteiger partial charge in [-0.05, 0) is 18.2 Å². The van der Waals surface area contributed by atoms with Gasteiger partial charge in [-0.3, -0.25) is 0 Å². The molecule has 0 saturated heterocycles. The minimum Gasteiger partial charge on any atom is -0.347 e. The van der Waals surface area contributed by atoms with Gasteiger partial charge in [-0.15, -0.1) is 0 Å². The molecule has 0 N–H and O–H groups in total. The maximum atomic E-state index is 2.60. The van der Waals surface area contributed by atoms with E-state index < -0.39 is 0 Å². The summed E-state index contributed by atoms with van der Waals surface area (Å²) in [7, 11) is 0. The van der Waals surface area contributed by atoms with E-state index in [4.69, 9.17) is 0 Å².